The van der Waals surface area contributed by atoms with Crippen LogP contribution >= 0.6 is 0 Å². The molecule has 0 heterocycles. The van der Waals surface area contributed by atoms with Crippen molar-refractivity contribution in [1.82, 2.24) is 0 Å². The van der Waals surface area contributed by atoms with Gasteiger partial charge >= 0.3 is 0 Å². The van der Waals surface area contributed by atoms with Crippen LogP contribution in [0.4, 0.5) is 0 Å². The Morgan fingerprint density at radius 3 is 0.787 bits per heavy atom. The summed E-state index contributed by atoms with van der Waals surface area (Å²) < 4.78 is 0. The highest BCUT2D eigenvalue weighted by Crippen LogP contribution is 2.45. The predicted molar refractivity (Wildman–Crippen MR) is 221 cm³/mol. The van der Waals surface area contributed by atoms with E-state index in [1.165, 1.54) is 225 Å². The summed E-state index contributed by atoms with van der Waals surface area (Å²) in [6.45, 7) is 15.2. The van der Waals surface area contributed by atoms with Crippen molar-refractivity contribution in [2.75, 3.05) is 0 Å². The van der Waals surface area contributed by atoms with Crippen LogP contribution in [0.3, 0.4) is 0 Å². The summed E-state index contributed by atoms with van der Waals surface area (Å²) in [7, 11) is 0. The minimum Gasteiger partial charge on any atom is -0.103 e. The Kier molecular flexibility index (Phi) is 47.5. The number of allylic oxidation sites excluding steroid dienone is 1. The number of hydrogen-bond acceptors (Lipinski definition) is 0. The van der Waals surface area contributed by atoms with Crippen LogP contribution in [0.5, 0.6) is 0 Å². The Hall–Kier alpha value is -0.260. The van der Waals surface area contributed by atoms with E-state index in [0.717, 1.165) is 11.8 Å². The van der Waals surface area contributed by atoms with Gasteiger partial charge in [0.15, 0.2) is 0 Å². The fourth-order valence-electron chi connectivity index (χ4n) is 7.08. The number of hydrogen-bond donors (Lipinski definition) is 0. The Balaban J connectivity index is 0. The lowest BCUT2D eigenvalue weighted by Crippen LogP contribution is -1.86. The van der Waals surface area contributed by atoms with Crippen molar-refractivity contribution in [1.29, 1.82) is 0 Å². The molecule has 0 bridgehead atoms. The highest BCUT2D eigenvalue weighted by atomic mass is 14.4. The SMILES string of the molecule is C=CCCCCCCCCCC.CCCCCCCCCCC1CC1CCCCCC.CCCCCCCCCCCCCCCC. The van der Waals surface area contributed by atoms with Crippen molar-refractivity contribution < 1.29 is 0 Å². The van der Waals surface area contributed by atoms with Gasteiger partial charge in [-0.05, 0) is 31.1 Å². The van der Waals surface area contributed by atoms with Crippen molar-refractivity contribution in [3.63, 3.8) is 0 Å². The molecule has 0 amide bonds. The second kappa shape index (κ2) is 45.7. The second-order valence-electron chi connectivity index (χ2n) is 15.7. The van der Waals surface area contributed by atoms with E-state index >= 15 is 0 Å². The third-order valence-electron chi connectivity index (χ3n) is 10.6. The lowest BCUT2D eigenvalue weighted by atomic mass is 10.0. The normalized spacial score (nSPS) is 15.1. The zero-order valence-corrected chi connectivity index (χ0v) is 34.3. The van der Waals surface area contributed by atoms with Crippen LogP contribution in [0.15, 0.2) is 12.7 Å². The van der Waals surface area contributed by atoms with Crippen molar-refractivity contribution in [3.05, 3.63) is 12.7 Å². The van der Waals surface area contributed by atoms with E-state index in [1.807, 2.05) is 6.08 Å². The third kappa shape index (κ3) is 45.7. The van der Waals surface area contributed by atoms with Crippen LogP contribution in [0, 0.1) is 11.8 Å². The van der Waals surface area contributed by atoms with Gasteiger partial charge in [-0.1, -0.05) is 265 Å². The molecule has 0 aromatic carbocycles. The van der Waals surface area contributed by atoms with Crippen LogP contribution in [-0.2, 0) is 0 Å². The van der Waals surface area contributed by atoms with E-state index in [9.17, 15) is 0 Å². The third-order valence-corrected chi connectivity index (χ3v) is 10.6. The molecule has 0 aliphatic heterocycles. The van der Waals surface area contributed by atoms with Gasteiger partial charge in [-0.25, -0.2) is 0 Å². The Labute approximate surface area is 302 Å². The van der Waals surface area contributed by atoms with Crippen LogP contribution in [0.1, 0.15) is 279 Å². The van der Waals surface area contributed by atoms with Gasteiger partial charge in [0, 0.05) is 0 Å². The molecule has 0 aromatic rings. The fraction of sp³-hybridized carbons (Fsp3) is 0.957. The molecule has 0 nitrogen and oxygen atoms in total. The smallest absolute Gasteiger partial charge is 0.0353 e. The van der Waals surface area contributed by atoms with Gasteiger partial charge in [0.25, 0.3) is 0 Å². The molecule has 2 atom stereocenters. The monoisotopic (exact) mass is 661 g/mol. The molecule has 0 saturated heterocycles. The van der Waals surface area contributed by atoms with Gasteiger partial charge in [0.1, 0.15) is 0 Å². The first kappa shape index (κ1) is 48.9. The second-order valence-corrected chi connectivity index (χ2v) is 15.7. The van der Waals surface area contributed by atoms with Crippen LogP contribution < -0.4 is 0 Å². The van der Waals surface area contributed by atoms with Gasteiger partial charge in [0.05, 0.1) is 0 Å². The zero-order valence-electron chi connectivity index (χ0n) is 34.3. The molecule has 0 heteroatoms. The summed E-state index contributed by atoms with van der Waals surface area (Å²) in [5.41, 5.74) is 0. The molecule has 1 fully saturated rings. The molecular formula is C47H96. The molecule has 0 spiro atoms. The van der Waals surface area contributed by atoms with Crippen LogP contribution in [-0.4, -0.2) is 0 Å². The number of rotatable bonds is 36. The van der Waals surface area contributed by atoms with Crippen molar-refractivity contribution in [2.45, 2.75) is 279 Å². The van der Waals surface area contributed by atoms with E-state index in [4.69, 9.17) is 0 Å². The van der Waals surface area contributed by atoms with Crippen molar-refractivity contribution >= 4 is 0 Å². The molecule has 47 heavy (non-hydrogen) atoms. The minimum atomic E-state index is 1.14. The summed E-state index contributed by atoms with van der Waals surface area (Å²) in [5.74, 6) is 2.28. The van der Waals surface area contributed by atoms with E-state index in [2.05, 4.69) is 41.2 Å². The summed E-state index contributed by atoms with van der Waals surface area (Å²) in [4.78, 5) is 0. The summed E-state index contributed by atoms with van der Waals surface area (Å²) >= 11 is 0. The van der Waals surface area contributed by atoms with Gasteiger partial charge in [-0.15, -0.1) is 6.58 Å². The first-order chi connectivity index (χ1) is 23.2. The van der Waals surface area contributed by atoms with Gasteiger partial charge in [-0.3, -0.25) is 0 Å². The standard InChI is InChI=1S/C19H38.C16H34.C12H24/c1-3-5-7-9-10-11-12-14-16-19-17-18(19)15-13-8-6-4-2;1-3-5-7-9-11-13-15-16-14-12-10-8-6-4-2;1-3-5-7-9-11-12-10-8-6-4-2/h18-19H,3-17H2,1-2H3;3-16H2,1-2H3;3H,1,4-12H2,2H3. The molecular weight excluding hydrogens is 565 g/mol. The zero-order chi connectivity index (χ0) is 34.7. The molecule has 0 aromatic heterocycles. The Morgan fingerprint density at radius 1 is 0.319 bits per heavy atom. The van der Waals surface area contributed by atoms with Gasteiger partial charge in [0.2, 0.25) is 0 Å². The van der Waals surface area contributed by atoms with Crippen LogP contribution in [0.25, 0.3) is 0 Å². The summed E-state index contributed by atoms with van der Waals surface area (Å²) in [6, 6.07) is 0. The average molecular weight is 661 g/mol. The molecule has 1 aliphatic carbocycles. The number of unbranched alkanes of at least 4 members (excludes halogenated alkanes) is 31. The van der Waals surface area contributed by atoms with E-state index in [-0.39, 0.29) is 0 Å². The quantitative estimate of drug-likeness (QED) is 0.0463. The lowest BCUT2D eigenvalue weighted by Gasteiger charge is -2.02. The van der Waals surface area contributed by atoms with E-state index < -0.39 is 0 Å². The molecule has 1 aliphatic rings. The Morgan fingerprint density at radius 2 is 0.532 bits per heavy atom. The van der Waals surface area contributed by atoms with Gasteiger partial charge in [-0.2, -0.15) is 0 Å². The maximum atomic E-state index is 3.72. The van der Waals surface area contributed by atoms with E-state index in [1.54, 1.807) is 19.3 Å². The first-order valence-corrected chi connectivity index (χ1v) is 22.8. The maximum Gasteiger partial charge on any atom is -0.0353 e. The molecule has 0 N–H and O–H groups in total. The highest BCUT2D eigenvalue weighted by Gasteiger charge is 2.34. The topological polar surface area (TPSA) is 0 Å². The van der Waals surface area contributed by atoms with Gasteiger partial charge < -0.3 is 0 Å². The average Bonchev–Trinajstić information content (AvgIpc) is 3.84. The predicted octanol–water partition coefficient (Wildman–Crippen LogP) is 18.3. The molecule has 2 unspecified atom stereocenters. The molecule has 284 valence electrons. The fourth-order valence-corrected chi connectivity index (χ4v) is 7.08. The summed E-state index contributed by atoms with van der Waals surface area (Å²) in [5, 5.41) is 0. The largest absolute Gasteiger partial charge is 0.103 e. The van der Waals surface area contributed by atoms with Crippen LogP contribution in [0.2, 0.25) is 0 Å². The lowest BCUT2D eigenvalue weighted by molar-refractivity contribution is 0.516. The van der Waals surface area contributed by atoms with E-state index in [0.29, 0.717) is 0 Å². The molecule has 0 radical (unpaired) electrons. The highest BCUT2D eigenvalue weighted by molar-refractivity contribution is 4.85. The minimum absolute atomic E-state index is 1.14. The van der Waals surface area contributed by atoms with Crippen molar-refractivity contribution in [3.8, 4) is 0 Å². The Bertz CT molecular complexity index is 506. The summed E-state index contributed by atoms with van der Waals surface area (Å²) in [6.07, 6.45) is 57.2. The van der Waals surface area contributed by atoms with Crippen molar-refractivity contribution in [2.24, 2.45) is 11.8 Å². The molecule has 1 saturated carbocycles. The maximum absolute atomic E-state index is 3.72. The molecule has 1 rings (SSSR count). The first-order valence-electron chi connectivity index (χ1n) is 22.8.